The zero-order valence-electron chi connectivity index (χ0n) is 9.79. The van der Waals surface area contributed by atoms with Crippen LogP contribution in [-0.2, 0) is 10.3 Å². The lowest BCUT2D eigenvalue weighted by Gasteiger charge is -2.29. The van der Waals surface area contributed by atoms with Gasteiger partial charge in [-0.3, -0.25) is 4.79 Å². The van der Waals surface area contributed by atoms with Crippen LogP contribution in [0.25, 0.3) is 0 Å². The lowest BCUT2D eigenvalue weighted by atomic mass is 9.94. The van der Waals surface area contributed by atoms with Gasteiger partial charge in [0.15, 0.2) is 0 Å². The van der Waals surface area contributed by atoms with Crippen molar-refractivity contribution in [3.8, 4) is 0 Å². The summed E-state index contributed by atoms with van der Waals surface area (Å²) >= 11 is 3.47. The molecule has 1 rings (SSSR count). The van der Waals surface area contributed by atoms with Gasteiger partial charge in [0.2, 0.25) is 5.91 Å². The molecule has 88 valence electrons. The van der Waals surface area contributed by atoms with E-state index in [1.54, 1.807) is 0 Å². The van der Waals surface area contributed by atoms with Gasteiger partial charge in [0.1, 0.15) is 0 Å². The molecule has 0 heterocycles. The Bertz CT molecular complexity index is 339. The van der Waals surface area contributed by atoms with E-state index in [2.05, 4.69) is 21.2 Å². The first-order valence-electron chi connectivity index (χ1n) is 5.55. The standard InChI is InChI=1S/C13H18BrNO/c1-3-7-12(16)15-13(2,10-14)11-8-5-4-6-9-11/h4-6,8-9H,3,7,10H2,1-2H3,(H,15,16). The van der Waals surface area contributed by atoms with E-state index in [0.29, 0.717) is 11.8 Å². The number of benzene rings is 1. The first kappa shape index (κ1) is 13.2. The average molecular weight is 284 g/mol. The zero-order chi connectivity index (χ0) is 12.0. The number of alkyl halides is 1. The topological polar surface area (TPSA) is 29.1 Å². The van der Waals surface area contributed by atoms with Crippen molar-refractivity contribution in [3.63, 3.8) is 0 Å². The number of halogens is 1. The summed E-state index contributed by atoms with van der Waals surface area (Å²) < 4.78 is 0. The molecule has 0 aliphatic heterocycles. The number of hydrogen-bond donors (Lipinski definition) is 1. The van der Waals surface area contributed by atoms with Crippen LogP contribution in [0.5, 0.6) is 0 Å². The SMILES string of the molecule is CCCC(=O)NC(C)(CBr)c1ccccc1. The molecule has 0 radical (unpaired) electrons. The number of nitrogens with one attached hydrogen (secondary N) is 1. The molecule has 0 fully saturated rings. The molecule has 3 heteroatoms. The van der Waals surface area contributed by atoms with E-state index >= 15 is 0 Å². The summed E-state index contributed by atoms with van der Waals surface area (Å²) in [4.78, 5) is 11.7. The minimum atomic E-state index is -0.326. The smallest absolute Gasteiger partial charge is 0.220 e. The third-order valence-corrected chi connectivity index (χ3v) is 3.69. The van der Waals surface area contributed by atoms with E-state index in [1.165, 1.54) is 0 Å². The summed E-state index contributed by atoms with van der Waals surface area (Å²) in [5.41, 5.74) is 0.796. The summed E-state index contributed by atoms with van der Waals surface area (Å²) in [5, 5.41) is 3.78. The second-order valence-electron chi connectivity index (χ2n) is 4.13. The highest BCUT2D eigenvalue weighted by atomic mass is 79.9. The predicted molar refractivity (Wildman–Crippen MR) is 70.6 cm³/mol. The Kier molecular flexibility index (Phi) is 5.00. The molecule has 1 N–H and O–H groups in total. The Morgan fingerprint density at radius 1 is 1.38 bits per heavy atom. The monoisotopic (exact) mass is 283 g/mol. The molecule has 0 aliphatic carbocycles. The van der Waals surface area contributed by atoms with Crippen LogP contribution in [0.2, 0.25) is 0 Å². The summed E-state index contributed by atoms with van der Waals surface area (Å²) in [6, 6.07) is 10.0. The molecule has 2 nitrogen and oxygen atoms in total. The van der Waals surface area contributed by atoms with Crippen molar-refractivity contribution in [3.05, 3.63) is 35.9 Å². The highest BCUT2D eigenvalue weighted by Gasteiger charge is 2.26. The Balaban J connectivity index is 2.82. The molecule has 1 aromatic carbocycles. The number of carbonyl (C=O) groups is 1. The maximum Gasteiger partial charge on any atom is 0.220 e. The number of rotatable bonds is 5. The summed E-state index contributed by atoms with van der Waals surface area (Å²) in [7, 11) is 0. The van der Waals surface area contributed by atoms with E-state index in [-0.39, 0.29) is 11.4 Å². The molecular weight excluding hydrogens is 266 g/mol. The van der Waals surface area contributed by atoms with Gasteiger partial charge in [-0.2, -0.15) is 0 Å². The van der Waals surface area contributed by atoms with Crippen LogP contribution in [0.1, 0.15) is 32.3 Å². The molecule has 16 heavy (non-hydrogen) atoms. The first-order chi connectivity index (χ1) is 7.62. The molecule has 1 aromatic rings. The fourth-order valence-corrected chi connectivity index (χ4v) is 2.05. The van der Waals surface area contributed by atoms with E-state index in [9.17, 15) is 4.79 Å². The number of hydrogen-bond acceptors (Lipinski definition) is 1. The summed E-state index contributed by atoms with van der Waals surface area (Å²) in [6.07, 6.45) is 1.45. The van der Waals surface area contributed by atoms with Gasteiger partial charge in [0.05, 0.1) is 5.54 Å². The molecule has 1 amide bonds. The molecule has 0 saturated heterocycles. The molecular formula is C13H18BrNO. The molecule has 1 atom stereocenters. The van der Waals surface area contributed by atoms with Crippen molar-refractivity contribution < 1.29 is 4.79 Å². The fraction of sp³-hybridized carbons (Fsp3) is 0.462. The van der Waals surface area contributed by atoms with Crippen molar-refractivity contribution in [1.29, 1.82) is 0 Å². The second-order valence-corrected chi connectivity index (χ2v) is 4.69. The minimum Gasteiger partial charge on any atom is -0.346 e. The Morgan fingerprint density at radius 2 is 2.00 bits per heavy atom. The van der Waals surface area contributed by atoms with E-state index in [0.717, 1.165) is 12.0 Å². The van der Waals surface area contributed by atoms with Crippen LogP contribution < -0.4 is 5.32 Å². The fourth-order valence-electron chi connectivity index (χ4n) is 1.59. The van der Waals surface area contributed by atoms with E-state index in [4.69, 9.17) is 0 Å². The Morgan fingerprint density at radius 3 is 2.50 bits per heavy atom. The summed E-state index contributed by atoms with van der Waals surface area (Å²) in [6.45, 7) is 4.04. The van der Waals surface area contributed by atoms with Crippen molar-refractivity contribution >= 4 is 21.8 Å². The summed E-state index contributed by atoms with van der Waals surface area (Å²) in [5.74, 6) is 0.105. The minimum absolute atomic E-state index is 0.105. The van der Waals surface area contributed by atoms with Crippen molar-refractivity contribution in [2.24, 2.45) is 0 Å². The molecule has 0 saturated carbocycles. The lowest BCUT2D eigenvalue weighted by Crippen LogP contribution is -2.44. The number of carbonyl (C=O) groups excluding carboxylic acids is 1. The van der Waals surface area contributed by atoms with Crippen molar-refractivity contribution in [2.75, 3.05) is 5.33 Å². The van der Waals surface area contributed by atoms with Gasteiger partial charge >= 0.3 is 0 Å². The molecule has 1 unspecified atom stereocenters. The van der Waals surface area contributed by atoms with Crippen molar-refractivity contribution in [2.45, 2.75) is 32.2 Å². The van der Waals surface area contributed by atoms with E-state index in [1.807, 2.05) is 44.2 Å². The van der Waals surface area contributed by atoms with Crippen molar-refractivity contribution in [1.82, 2.24) is 5.32 Å². The third-order valence-electron chi connectivity index (χ3n) is 2.57. The van der Waals surface area contributed by atoms with E-state index < -0.39 is 0 Å². The van der Waals surface area contributed by atoms with Crippen LogP contribution >= 0.6 is 15.9 Å². The first-order valence-corrected chi connectivity index (χ1v) is 6.67. The highest BCUT2D eigenvalue weighted by molar-refractivity contribution is 9.09. The molecule has 0 spiro atoms. The Hall–Kier alpha value is -0.830. The number of amides is 1. The highest BCUT2D eigenvalue weighted by Crippen LogP contribution is 2.23. The van der Waals surface area contributed by atoms with Gasteiger partial charge in [0, 0.05) is 11.8 Å². The van der Waals surface area contributed by atoms with Gasteiger partial charge in [-0.1, -0.05) is 53.2 Å². The largest absolute Gasteiger partial charge is 0.346 e. The second kappa shape index (κ2) is 6.04. The van der Waals surface area contributed by atoms with Crippen LogP contribution in [0.4, 0.5) is 0 Å². The molecule has 0 aromatic heterocycles. The van der Waals surface area contributed by atoms with Gasteiger partial charge in [-0.05, 0) is 18.9 Å². The van der Waals surface area contributed by atoms with Gasteiger partial charge in [-0.25, -0.2) is 0 Å². The quantitative estimate of drug-likeness (QED) is 0.826. The average Bonchev–Trinajstić information content (AvgIpc) is 2.30. The maximum atomic E-state index is 11.7. The third kappa shape index (κ3) is 3.34. The van der Waals surface area contributed by atoms with Crippen LogP contribution in [0.3, 0.4) is 0 Å². The van der Waals surface area contributed by atoms with Crippen LogP contribution in [0, 0.1) is 0 Å². The van der Waals surface area contributed by atoms with Crippen LogP contribution in [-0.4, -0.2) is 11.2 Å². The maximum absolute atomic E-state index is 11.7. The van der Waals surface area contributed by atoms with Gasteiger partial charge < -0.3 is 5.32 Å². The lowest BCUT2D eigenvalue weighted by molar-refractivity contribution is -0.122. The zero-order valence-corrected chi connectivity index (χ0v) is 11.4. The Labute approximate surface area is 106 Å². The van der Waals surface area contributed by atoms with Gasteiger partial charge in [0.25, 0.3) is 0 Å². The van der Waals surface area contributed by atoms with Gasteiger partial charge in [-0.15, -0.1) is 0 Å². The normalized spacial score (nSPS) is 14.2. The molecule has 0 aliphatic rings. The van der Waals surface area contributed by atoms with Crippen LogP contribution in [0.15, 0.2) is 30.3 Å². The molecule has 0 bridgehead atoms. The predicted octanol–water partition coefficient (Wildman–Crippen LogP) is 3.21.